The molecular formula is C26H29F6N3O7S. The van der Waals surface area contributed by atoms with Gasteiger partial charge in [0.2, 0.25) is 0 Å². The second kappa shape index (κ2) is 14.6. The molecule has 10 nitrogen and oxygen atoms in total. The van der Waals surface area contributed by atoms with E-state index in [1.54, 1.807) is 18.3 Å². The number of alkyl halides is 6. The quantitative estimate of drug-likeness (QED) is 0.289. The van der Waals surface area contributed by atoms with Crippen molar-refractivity contribution >= 4 is 32.9 Å². The smallest absolute Gasteiger partial charge is 0.490 e. The summed E-state index contributed by atoms with van der Waals surface area (Å²) >= 11 is 0. The maximum atomic E-state index is 13.4. The number of piperidine rings is 1. The molecule has 4 rings (SSSR count). The summed E-state index contributed by atoms with van der Waals surface area (Å²) in [5.74, 6) is -5.17. The Morgan fingerprint density at radius 1 is 1.00 bits per heavy atom. The van der Waals surface area contributed by atoms with Gasteiger partial charge in [-0.1, -0.05) is 18.2 Å². The number of halogens is 6. The van der Waals surface area contributed by atoms with Gasteiger partial charge in [0.05, 0.1) is 12.6 Å². The first-order valence-electron chi connectivity index (χ1n) is 12.4. The van der Waals surface area contributed by atoms with Crippen molar-refractivity contribution < 1.29 is 59.3 Å². The van der Waals surface area contributed by atoms with Crippen LogP contribution in [0.4, 0.5) is 26.3 Å². The fourth-order valence-electron chi connectivity index (χ4n) is 3.94. The molecule has 1 aromatic heterocycles. The summed E-state index contributed by atoms with van der Waals surface area (Å²) in [4.78, 5) is 18.0. The Kier molecular flexibility index (Phi) is 12.0. The van der Waals surface area contributed by atoms with Gasteiger partial charge in [0.15, 0.2) is 0 Å². The number of aryl methyl sites for hydroxylation is 1. The van der Waals surface area contributed by atoms with E-state index in [4.69, 9.17) is 24.5 Å². The average Bonchev–Trinajstić information content (AvgIpc) is 3.38. The average molecular weight is 642 g/mol. The summed E-state index contributed by atoms with van der Waals surface area (Å²) in [5, 5.41) is 22.2. The van der Waals surface area contributed by atoms with Crippen molar-refractivity contribution in [3.8, 4) is 5.75 Å². The SMILES string of the molecule is COc1ccc(C)cc1S(=O)(=O)n1ccc2c(CNC3CCNCC3)cccc21.O=C(O)C(F)(F)F.O=C(O)C(F)(F)F. The highest BCUT2D eigenvalue weighted by molar-refractivity contribution is 7.90. The van der Waals surface area contributed by atoms with E-state index < -0.39 is 34.3 Å². The van der Waals surface area contributed by atoms with Gasteiger partial charge >= 0.3 is 24.3 Å². The molecule has 0 bridgehead atoms. The Labute approximate surface area is 242 Å². The topological polar surface area (TPSA) is 147 Å². The van der Waals surface area contributed by atoms with Gasteiger partial charge in [-0.2, -0.15) is 26.3 Å². The van der Waals surface area contributed by atoms with Crippen molar-refractivity contribution in [3.63, 3.8) is 0 Å². The minimum Gasteiger partial charge on any atom is -0.495 e. The van der Waals surface area contributed by atoms with Crippen LogP contribution in [-0.2, 0) is 26.2 Å². The van der Waals surface area contributed by atoms with E-state index in [1.807, 2.05) is 31.2 Å². The second-order valence-electron chi connectivity index (χ2n) is 9.13. The maximum absolute atomic E-state index is 13.4. The fourth-order valence-corrected chi connectivity index (χ4v) is 5.53. The molecule has 0 amide bonds. The first kappa shape index (κ1) is 35.4. The van der Waals surface area contributed by atoms with E-state index in [-0.39, 0.29) is 4.90 Å². The van der Waals surface area contributed by atoms with Crippen LogP contribution in [-0.4, -0.2) is 73.1 Å². The van der Waals surface area contributed by atoms with Crippen LogP contribution < -0.4 is 15.4 Å². The minimum atomic E-state index is -5.08. The molecule has 2 heterocycles. The summed E-state index contributed by atoms with van der Waals surface area (Å²) in [7, 11) is -2.29. The predicted molar refractivity (Wildman–Crippen MR) is 142 cm³/mol. The number of hydrogen-bond donors (Lipinski definition) is 4. The molecule has 3 aromatic rings. The number of rotatable bonds is 6. The molecule has 238 valence electrons. The van der Waals surface area contributed by atoms with Crippen LogP contribution >= 0.6 is 0 Å². The third kappa shape index (κ3) is 9.86. The third-order valence-electron chi connectivity index (χ3n) is 6.05. The maximum Gasteiger partial charge on any atom is 0.490 e. The highest BCUT2D eigenvalue weighted by Crippen LogP contribution is 2.30. The second-order valence-corrected chi connectivity index (χ2v) is 10.9. The van der Waals surface area contributed by atoms with E-state index in [0.717, 1.165) is 49.0 Å². The molecule has 0 saturated carbocycles. The zero-order chi connectivity index (χ0) is 32.6. The number of aliphatic carboxylic acids is 2. The largest absolute Gasteiger partial charge is 0.495 e. The number of nitrogens with zero attached hydrogens (tertiary/aromatic N) is 1. The van der Waals surface area contributed by atoms with Crippen LogP contribution in [0.2, 0.25) is 0 Å². The Morgan fingerprint density at radius 3 is 2.07 bits per heavy atom. The first-order valence-corrected chi connectivity index (χ1v) is 13.9. The lowest BCUT2D eigenvalue weighted by Gasteiger charge is -2.24. The van der Waals surface area contributed by atoms with Crippen molar-refractivity contribution in [2.75, 3.05) is 20.2 Å². The van der Waals surface area contributed by atoms with E-state index in [9.17, 15) is 34.8 Å². The zero-order valence-electron chi connectivity index (χ0n) is 22.8. The summed E-state index contributed by atoms with van der Waals surface area (Å²) in [6, 6.07) is 13.4. The number of benzene rings is 2. The Balaban J connectivity index is 0.000000384. The number of fused-ring (bicyclic) bond motifs is 1. The van der Waals surface area contributed by atoms with Crippen molar-refractivity contribution in [2.24, 2.45) is 0 Å². The van der Waals surface area contributed by atoms with Gasteiger partial charge in [-0.05, 0) is 68.2 Å². The molecule has 2 aromatic carbocycles. The molecule has 1 aliphatic heterocycles. The van der Waals surface area contributed by atoms with Gasteiger partial charge < -0.3 is 25.6 Å². The van der Waals surface area contributed by atoms with E-state index in [0.29, 0.717) is 17.3 Å². The Bertz CT molecular complexity index is 1490. The molecule has 1 aliphatic rings. The van der Waals surface area contributed by atoms with Crippen molar-refractivity contribution in [1.82, 2.24) is 14.6 Å². The third-order valence-corrected chi connectivity index (χ3v) is 7.76. The molecule has 0 atom stereocenters. The van der Waals surface area contributed by atoms with Crippen LogP contribution in [0.1, 0.15) is 24.0 Å². The van der Waals surface area contributed by atoms with Gasteiger partial charge in [0, 0.05) is 24.2 Å². The van der Waals surface area contributed by atoms with Crippen LogP contribution in [0.15, 0.2) is 53.6 Å². The lowest BCUT2D eigenvalue weighted by molar-refractivity contribution is -0.193. The molecule has 1 saturated heterocycles. The predicted octanol–water partition coefficient (Wildman–Crippen LogP) is 4.30. The number of aromatic nitrogens is 1. The molecule has 4 N–H and O–H groups in total. The number of carboxylic acid groups (broad SMARTS) is 2. The normalized spacial score (nSPS) is 14.2. The van der Waals surface area contributed by atoms with Crippen LogP contribution in [0, 0.1) is 6.92 Å². The van der Waals surface area contributed by atoms with E-state index in [1.165, 1.54) is 11.1 Å². The Hall–Kier alpha value is -3.83. The summed E-state index contributed by atoms with van der Waals surface area (Å²) in [5.41, 5.74) is 2.65. The Morgan fingerprint density at radius 2 is 1.56 bits per heavy atom. The lowest BCUT2D eigenvalue weighted by atomic mass is 10.1. The first-order chi connectivity index (χ1) is 19.9. The van der Waals surface area contributed by atoms with Crippen molar-refractivity contribution in [3.05, 3.63) is 59.8 Å². The molecule has 17 heteroatoms. The van der Waals surface area contributed by atoms with E-state index in [2.05, 4.69) is 16.7 Å². The molecule has 0 unspecified atom stereocenters. The molecule has 0 radical (unpaired) electrons. The van der Waals surface area contributed by atoms with Gasteiger partial charge in [-0.25, -0.2) is 22.0 Å². The standard InChI is InChI=1S/C22H27N3O3S.2C2HF3O2/c1-16-6-7-21(28-2)22(14-16)29(26,27)25-13-10-19-17(4-3-5-20(19)25)15-24-18-8-11-23-12-9-18;2*3-2(4,5)1(6)7/h3-7,10,13-14,18,23-24H,8-9,11-12,15H2,1-2H3;2*(H,6,7). The molecule has 1 fully saturated rings. The monoisotopic (exact) mass is 641 g/mol. The summed E-state index contributed by atoms with van der Waals surface area (Å²) in [6.45, 7) is 4.67. The summed E-state index contributed by atoms with van der Waals surface area (Å²) < 4.78 is 97.0. The molecule has 43 heavy (non-hydrogen) atoms. The number of hydrogen-bond acceptors (Lipinski definition) is 7. The van der Waals surface area contributed by atoms with Crippen LogP contribution in [0.5, 0.6) is 5.75 Å². The highest BCUT2D eigenvalue weighted by Gasteiger charge is 2.38. The van der Waals surface area contributed by atoms with Crippen LogP contribution in [0.25, 0.3) is 10.9 Å². The minimum absolute atomic E-state index is 0.177. The number of nitrogens with one attached hydrogen (secondary N) is 2. The van der Waals surface area contributed by atoms with Gasteiger partial charge in [-0.3, -0.25) is 0 Å². The highest BCUT2D eigenvalue weighted by atomic mass is 32.2. The molecule has 0 spiro atoms. The summed E-state index contributed by atoms with van der Waals surface area (Å²) in [6.07, 6.45) is -6.31. The van der Waals surface area contributed by atoms with Gasteiger partial charge in [0.25, 0.3) is 10.0 Å². The zero-order valence-corrected chi connectivity index (χ0v) is 23.6. The number of ether oxygens (including phenoxy) is 1. The number of carboxylic acids is 2. The van der Waals surface area contributed by atoms with Crippen LogP contribution in [0.3, 0.4) is 0 Å². The molecular weight excluding hydrogens is 612 g/mol. The van der Waals surface area contributed by atoms with E-state index >= 15 is 0 Å². The van der Waals surface area contributed by atoms with Crippen molar-refractivity contribution in [2.45, 2.75) is 49.6 Å². The molecule has 0 aliphatic carbocycles. The number of carbonyl (C=O) groups is 2. The van der Waals surface area contributed by atoms with Crippen molar-refractivity contribution in [1.29, 1.82) is 0 Å². The number of methoxy groups -OCH3 is 1. The lowest BCUT2D eigenvalue weighted by Crippen LogP contribution is -2.39. The van der Waals surface area contributed by atoms with Gasteiger partial charge in [-0.15, -0.1) is 0 Å². The van der Waals surface area contributed by atoms with Gasteiger partial charge in [0.1, 0.15) is 10.6 Å². The fraction of sp³-hybridized carbons (Fsp3) is 0.385.